The molecule has 2 unspecified atom stereocenters. The van der Waals surface area contributed by atoms with Gasteiger partial charge in [-0.3, -0.25) is 0 Å². The third-order valence-electron chi connectivity index (χ3n) is 2.98. The fourth-order valence-electron chi connectivity index (χ4n) is 1.36. The normalized spacial score (nSPS) is 25.0. The minimum absolute atomic E-state index is 0.0590. The monoisotopic (exact) mass is 172 g/mol. The lowest BCUT2D eigenvalue weighted by atomic mass is 9.93. The van der Waals surface area contributed by atoms with E-state index >= 15 is 0 Å². The average molecular weight is 172 g/mol. The maximum atomic E-state index is 9.93. The molecule has 1 rings (SSSR count). The second-order valence-corrected chi connectivity index (χ2v) is 4.22. The summed E-state index contributed by atoms with van der Waals surface area (Å²) in [6.45, 7) is 3.79. The molecule has 1 aliphatic carbocycles. The van der Waals surface area contributed by atoms with Crippen LogP contribution < -0.4 is 0 Å². The molecular formula is C10H20O2. The number of rotatable bonds is 5. The van der Waals surface area contributed by atoms with Gasteiger partial charge in [-0.2, -0.15) is 0 Å². The summed E-state index contributed by atoms with van der Waals surface area (Å²) in [5.74, 6) is 0.889. The Balaban J connectivity index is 2.24. The van der Waals surface area contributed by atoms with E-state index in [9.17, 15) is 5.11 Å². The molecule has 1 fully saturated rings. The van der Waals surface area contributed by atoms with Crippen molar-refractivity contribution in [1.82, 2.24) is 0 Å². The Kier molecular flexibility index (Phi) is 3.13. The fraction of sp³-hybridized carbons (Fsp3) is 1.00. The van der Waals surface area contributed by atoms with Crippen LogP contribution in [0.5, 0.6) is 0 Å². The maximum Gasteiger partial charge on any atom is 0.0877 e. The first-order chi connectivity index (χ1) is 5.56. The second-order valence-electron chi connectivity index (χ2n) is 4.22. The summed E-state index contributed by atoms with van der Waals surface area (Å²) in [4.78, 5) is 0. The first-order valence-corrected chi connectivity index (χ1v) is 4.81. The lowest BCUT2D eigenvalue weighted by Gasteiger charge is -2.29. The van der Waals surface area contributed by atoms with Crippen molar-refractivity contribution in [3.63, 3.8) is 0 Å². The summed E-state index contributed by atoms with van der Waals surface area (Å²) < 4.78 is 5.12. The van der Waals surface area contributed by atoms with E-state index in [1.807, 2.05) is 13.8 Å². The number of hydrogen-bond acceptors (Lipinski definition) is 2. The quantitative estimate of drug-likeness (QED) is 0.687. The number of methoxy groups -OCH3 is 1. The van der Waals surface area contributed by atoms with Gasteiger partial charge in [0.05, 0.1) is 11.7 Å². The van der Waals surface area contributed by atoms with Crippen molar-refractivity contribution >= 4 is 0 Å². The molecule has 0 heterocycles. The SMILES string of the molecule is COC(C)C(C)(O)CCC1CC1. The Hall–Kier alpha value is -0.0800. The molecule has 12 heavy (non-hydrogen) atoms. The van der Waals surface area contributed by atoms with Gasteiger partial charge >= 0.3 is 0 Å². The molecule has 2 heteroatoms. The number of ether oxygens (including phenoxy) is 1. The molecule has 0 bridgehead atoms. The van der Waals surface area contributed by atoms with Gasteiger partial charge in [-0.15, -0.1) is 0 Å². The zero-order chi connectivity index (χ0) is 9.19. The zero-order valence-corrected chi connectivity index (χ0v) is 8.34. The van der Waals surface area contributed by atoms with E-state index in [1.54, 1.807) is 7.11 Å². The van der Waals surface area contributed by atoms with Crippen LogP contribution >= 0.6 is 0 Å². The molecule has 0 amide bonds. The average Bonchev–Trinajstić information content (AvgIpc) is 2.82. The van der Waals surface area contributed by atoms with E-state index in [2.05, 4.69) is 0 Å². The molecule has 0 aromatic heterocycles. The van der Waals surface area contributed by atoms with Gasteiger partial charge in [0.2, 0.25) is 0 Å². The molecular weight excluding hydrogens is 152 g/mol. The van der Waals surface area contributed by atoms with Crippen molar-refractivity contribution in [2.45, 2.75) is 51.2 Å². The van der Waals surface area contributed by atoms with Crippen molar-refractivity contribution in [3.05, 3.63) is 0 Å². The number of hydrogen-bond donors (Lipinski definition) is 1. The predicted molar refractivity (Wildman–Crippen MR) is 49.1 cm³/mol. The lowest BCUT2D eigenvalue weighted by molar-refractivity contribution is -0.0784. The van der Waals surface area contributed by atoms with Gasteiger partial charge in [0.15, 0.2) is 0 Å². The van der Waals surface area contributed by atoms with Crippen LogP contribution in [-0.4, -0.2) is 23.9 Å². The van der Waals surface area contributed by atoms with Crippen LogP contribution in [-0.2, 0) is 4.74 Å². The van der Waals surface area contributed by atoms with Gasteiger partial charge in [0.1, 0.15) is 0 Å². The first-order valence-electron chi connectivity index (χ1n) is 4.81. The second kappa shape index (κ2) is 3.75. The Morgan fingerprint density at radius 2 is 2.17 bits per heavy atom. The molecule has 2 nitrogen and oxygen atoms in total. The van der Waals surface area contributed by atoms with E-state index in [-0.39, 0.29) is 6.10 Å². The van der Waals surface area contributed by atoms with Crippen molar-refractivity contribution in [2.24, 2.45) is 5.92 Å². The van der Waals surface area contributed by atoms with Crippen LogP contribution in [0.25, 0.3) is 0 Å². The third kappa shape index (κ3) is 2.76. The van der Waals surface area contributed by atoms with E-state index in [1.165, 1.54) is 12.8 Å². The summed E-state index contributed by atoms with van der Waals surface area (Å²) >= 11 is 0. The van der Waals surface area contributed by atoms with Gasteiger partial charge in [0, 0.05) is 7.11 Å². The Morgan fingerprint density at radius 3 is 2.58 bits per heavy atom. The molecule has 0 radical (unpaired) electrons. The van der Waals surface area contributed by atoms with Gasteiger partial charge in [0.25, 0.3) is 0 Å². The van der Waals surface area contributed by atoms with Crippen molar-refractivity contribution in [3.8, 4) is 0 Å². The molecule has 72 valence electrons. The van der Waals surface area contributed by atoms with Crippen molar-refractivity contribution in [1.29, 1.82) is 0 Å². The molecule has 0 spiro atoms. The Morgan fingerprint density at radius 1 is 1.58 bits per heavy atom. The molecule has 0 aromatic carbocycles. The van der Waals surface area contributed by atoms with Gasteiger partial charge in [-0.1, -0.05) is 12.8 Å². The Bertz CT molecular complexity index is 139. The van der Waals surface area contributed by atoms with Gasteiger partial charge < -0.3 is 9.84 Å². The summed E-state index contributed by atoms with van der Waals surface area (Å²) in [5.41, 5.74) is -0.642. The highest BCUT2D eigenvalue weighted by molar-refractivity contribution is 4.83. The molecule has 0 aromatic rings. The number of aliphatic hydroxyl groups is 1. The Labute approximate surface area is 74.9 Å². The molecule has 0 saturated heterocycles. The van der Waals surface area contributed by atoms with Crippen molar-refractivity contribution in [2.75, 3.05) is 7.11 Å². The van der Waals surface area contributed by atoms with E-state index in [4.69, 9.17) is 4.74 Å². The zero-order valence-electron chi connectivity index (χ0n) is 8.34. The largest absolute Gasteiger partial charge is 0.387 e. The van der Waals surface area contributed by atoms with Gasteiger partial charge in [-0.05, 0) is 32.6 Å². The van der Waals surface area contributed by atoms with E-state index in [0.29, 0.717) is 0 Å². The van der Waals surface area contributed by atoms with Crippen molar-refractivity contribution < 1.29 is 9.84 Å². The third-order valence-corrected chi connectivity index (χ3v) is 2.98. The highest BCUT2D eigenvalue weighted by Crippen LogP contribution is 2.36. The van der Waals surface area contributed by atoms with Crippen LogP contribution in [0, 0.1) is 5.92 Å². The van der Waals surface area contributed by atoms with E-state index < -0.39 is 5.60 Å². The van der Waals surface area contributed by atoms with Crippen LogP contribution in [0.2, 0.25) is 0 Å². The highest BCUT2D eigenvalue weighted by atomic mass is 16.5. The standard InChI is InChI=1S/C10H20O2/c1-8(12-3)10(2,11)7-6-9-4-5-9/h8-9,11H,4-7H2,1-3H3. The van der Waals surface area contributed by atoms with E-state index in [0.717, 1.165) is 18.8 Å². The molecule has 1 aliphatic rings. The van der Waals surface area contributed by atoms with Crippen LogP contribution in [0.3, 0.4) is 0 Å². The molecule has 0 aliphatic heterocycles. The summed E-state index contributed by atoms with van der Waals surface area (Å²) in [5, 5.41) is 9.93. The summed E-state index contributed by atoms with van der Waals surface area (Å²) in [6, 6.07) is 0. The molecule has 1 saturated carbocycles. The predicted octanol–water partition coefficient (Wildman–Crippen LogP) is 1.96. The molecule has 1 N–H and O–H groups in total. The summed E-state index contributed by atoms with van der Waals surface area (Å²) in [7, 11) is 1.65. The topological polar surface area (TPSA) is 29.5 Å². The lowest BCUT2D eigenvalue weighted by Crippen LogP contribution is -2.38. The van der Waals surface area contributed by atoms with Gasteiger partial charge in [-0.25, -0.2) is 0 Å². The maximum absolute atomic E-state index is 9.93. The van der Waals surface area contributed by atoms with Crippen LogP contribution in [0.15, 0.2) is 0 Å². The van der Waals surface area contributed by atoms with Crippen LogP contribution in [0.4, 0.5) is 0 Å². The minimum atomic E-state index is -0.642. The summed E-state index contributed by atoms with van der Waals surface area (Å²) in [6.07, 6.45) is 4.68. The highest BCUT2D eigenvalue weighted by Gasteiger charge is 2.31. The fourth-order valence-corrected chi connectivity index (χ4v) is 1.36. The minimum Gasteiger partial charge on any atom is -0.387 e. The molecule has 2 atom stereocenters. The van der Waals surface area contributed by atoms with Crippen LogP contribution in [0.1, 0.15) is 39.5 Å². The first kappa shape index (κ1) is 10.0. The smallest absolute Gasteiger partial charge is 0.0877 e.